The molecule has 0 saturated carbocycles. The van der Waals surface area contributed by atoms with Crippen molar-refractivity contribution in [3.8, 4) is 0 Å². The lowest BCUT2D eigenvalue weighted by molar-refractivity contribution is -0.133. The van der Waals surface area contributed by atoms with E-state index in [1.807, 2.05) is 23.4 Å². The number of likely N-dealkylation sites (N-methyl/N-ethyl adjacent to an activating group) is 1. The summed E-state index contributed by atoms with van der Waals surface area (Å²) in [6.07, 6.45) is 0. The molecule has 1 aliphatic heterocycles. The van der Waals surface area contributed by atoms with E-state index in [-0.39, 0.29) is 18.6 Å². The van der Waals surface area contributed by atoms with Crippen LogP contribution < -0.4 is 0 Å². The average molecular weight is 311 g/mol. The number of aliphatic hydroxyl groups is 1. The fraction of sp³-hybridized carbons (Fsp3) is 0.667. The van der Waals surface area contributed by atoms with Gasteiger partial charge < -0.3 is 10.0 Å². The molecule has 1 atom stereocenters. The first-order valence-electron chi connectivity index (χ1n) is 7.46. The normalized spacial score (nSPS) is 18.6. The third-order valence-corrected chi connectivity index (χ3v) is 5.21. The van der Waals surface area contributed by atoms with E-state index < -0.39 is 0 Å². The number of hydrogen-bond donors (Lipinski definition) is 1. The first-order chi connectivity index (χ1) is 10.1. The fourth-order valence-corrected chi connectivity index (χ4v) is 3.38. The van der Waals surface area contributed by atoms with Gasteiger partial charge in [0.05, 0.1) is 19.2 Å². The van der Waals surface area contributed by atoms with Crippen molar-refractivity contribution in [2.75, 3.05) is 52.9 Å². The van der Waals surface area contributed by atoms with Crippen molar-refractivity contribution in [1.82, 2.24) is 14.7 Å². The maximum Gasteiger partial charge on any atom is 0.237 e. The van der Waals surface area contributed by atoms with E-state index in [1.54, 1.807) is 11.3 Å². The summed E-state index contributed by atoms with van der Waals surface area (Å²) in [5.41, 5.74) is 0. The van der Waals surface area contributed by atoms with Crippen LogP contribution in [-0.2, 0) is 4.79 Å². The molecule has 6 heteroatoms. The monoisotopic (exact) mass is 311 g/mol. The van der Waals surface area contributed by atoms with Gasteiger partial charge in [-0.25, -0.2) is 0 Å². The van der Waals surface area contributed by atoms with Crippen LogP contribution in [-0.4, -0.2) is 78.6 Å². The summed E-state index contributed by atoms with van der Waals surface area (Å²) < 4.78 is 0. The maximum atomic E-state index is 12.4. The van der Waals surface area contributed by atoms with E-state index >= 15 is 0 Å². The lowest BCUT2D eigenvalue weighted by Crippen LogP contribution is -2.50. The number of β-amino-alcohol motifs (C(OH)–C–C–N with tert-alkyl or cyclic N) is 1. The van der Waals surface area contributed by atoms with Crippen molar-refractivity contribution in [3.63, 3.8) is 0 Å². The summed E-state index contributed by atoms with van der Waals surface area (Å²) in [6, 6.07) is 4.23. The van der Waals surface area contributed by atoms with Crippen molar-refractivity contribution >= 4 is 17.2 Å². The second-order valence-corrected chi connectivity index (χ2v) is 6.52. The molecule has 1 aromatic heterocycles. The van der Waals surface area contributed by atoms with Crippen LogP contribution in [0.25, 0.3) is 0 Å². The molecule has 0 radical (unpaired) electrons. The zero-order chi connectivity index (χ0) is 15.2. The number of hydrogen-bond acceptors (Lipinski definition) is 5. The minimum absolute atomic E-state index is 0.133. The Morgan fingerprint density at radius 2 is 2.05 bits per heavy atom. The van der Waals surface area contributed by atoms with Crippen LogP contribution in [0.3, 0.4) is 0 Å². The number of amides is 1. The molecule has 21 heavy (non-hydrogen) atoms. The van der Waals surface area contributed by atoms with Crippen molar-refractivity contribution in [2.24, 2.45) is 0 Å². The molecular formula is C15H25N3O2S. The maximum absolute atomic E-state index is 12.4. The topological polar surface area (TPSA) is 47.0 Å². The van der Waals surface area contributed by atoms with Crippen molar-refractivity contribution in [3.05, 3.63) is 22.4 Å². The van der Waals surface area contributed by atoms with Crippen LogP contribution in [0.4, 0.5) is 0 Å². The number of thiophene rings is 1. The zero-order valence-corrected chi connectivity index (χ0v) is 13.7. The summed E-state index contributed by atoms with van der Waals surface area (Å²) >= 11 is 1.69. The minimum atomic E-state index is 0.133. The van der Waals surface area contributed by atoms with Gasteiger partial charge in [-0.2, -0.15) is 0 Å². The van der Waals surface area contributed by atoms with Gasteiger partial charge in [-0.15, -0.1) is 11.3 Å². The van der Waals surface area contributed by atoms with Gasteiger partial charge in [-0.3, -0.25) is 14.6 Å². The van der Waals surface area contributed by atoms with Crippen LogP contribution in [0.5, 0.6) is 0 Å². The Bertz CT molecular complexity index is 430. The Kier molecular flexibility index (Phi) is 6.17. The Morgan fingerprint density at radius 3 is 2.62 bits per heavy atom. The van der Waals surface area contributed by atoms with Crippen LogP contribution >= 0.6 is 11.3 Å². The number of carbonyl (C=O) groups excluding carboxylic acids is 1. The number of piperazine rings is 1. The number of aliphatic hydroxyl groups excluding tert-OH is 1. The molecule has 0 aliphatic carbocycles. The van der Waals surface area contributed by atoms with Crippen LogP contribution in [0.2, 0.25) is 0 Å². The Hall–Kier alpha value is -0.950. The molecule has 1 unspecified atom stereocenters. The molecule has 2 rings (SSSR count). The first-order valence-corrected chi connectivity index (χ1v) is 8.34. The molecule has 2 heterocycles. The highest BCUT2D eigenvalue weighted by Crippen LogP contribution is 2.23. The Morgan fingerprint density at radius 1 is 1.38 bits per heavy atom. The highest BCUT2D eigenvalue weighted by molar-refractivity contribution is 7.10. The highest BCUT2D eigenvalue weighted by atomic mass is 32.1. The largest absolute Gasteiger partial charge is 0.395 e. The molecule has 1 saturated heterocycles. The molecule has 1 amide bonds. The Balaban J connectivity index is 1.79. The third kappa shape index (κ3) is 4.51. The van der Waals surface area contributed by atoms with E-state index in [4.69, 9.17) is 5.11 Å². The van der Waals surface area contributed by atoms with Gasteiger partial charge in [-0.1, -0.05) is 6.07 Å². The molecule has 1 aliphatic rings. The smallest absolute Gasteiger partial charge is 0.237 e. The van der Waals surface area contributed by atoms with Gasteiger partial charge >= 0.3 is 0 Å². The quantitative estimate of drug-likeness (QED) is 0.847. The molecule has 0 spiro atoms. The summed E-state index contributed by atoms with van der Waals surface area (Å²) in [5, 5.41) is 11.0. The van der Waals surface area contributed by atoms with Gasteiger partial charge in [0.1, 0.15) is 0 Å². The molecular weight excluding hydrogens is 286 g/mol. The molecule has 5 nitrogen and oxygen atoms in total. The second kappa shape index (κ2) is 7.89. The molecule has 0 bridgehead atoms. The SMILES string of the molecule is CC(c1cccs1)N(C)C(=O)CN1CCN(CCO)CC1. The predicted octanol–water partition coefficient (Wildman–Crippen LogP) is 0.877. The molecule has 1 N–H and O–H groups in total. The van der Waals surface area contributed by atoms with Crippen molar-refractivity contribution in [1.29, 1.82) is 0 Å². The van der Waals surface area contributed by atoms with E-state index in [0.717, 1.165) is 32.7 Å². The Labute approximate surface area is 130 Å². The average Bonchev–Trinajstić information content (AvgIpc) is 3.02. The van der Waals surface area contributed by atoms with E-state index in [9.17, 15) is 4.79 Å². The third-order valence-electron chi connectivity index (χ3n) is 4.17. The summed E-state index contributed by atoms with van der Waals surface area (Å²) in [7, 11) is 1.88. The lowest BCUT2D eigenvalue weighted by atomic mass is 10.2. The van der Waals surface area contributed by atoms with E-state index in [1.165, 1.54) is 4.88 Å². The summed E-state index contributed by atoms with van der Waals surface area (Å²) in [5.74, 6) is 0.173. The van der Waals surface area contributed by atoms with Gasteiger partial charge in [-0.05, 0) is 18.4 Å². The second-order valence-electron chi connectivity index (χ2n) is 5.54. The number of carbonyl (C=O) groups is 1. The van der Waals surface area contributed by atoms with Crippen LogP contribution in [0, 0.1) is 0 Å². The van der Waals surface area contributed by atoms with Crippen molar-refractivity contribution < 1.29 is 9.90 Å². The summed E-state index contributed by atoms with van der Waals surface area (Å²) in [6.45, 7) is 7.15. The standard InChI is InChI=1S/C15H25N3O2S/c1-13(14-4-3-11-21-14)16(2)15(20)12-18-7-5-17(6-8-18)9-10-19/h3-4,11,13,19H,5-10,12H2,1-2H3. The number of nitrogens with zero attached hydrogens (tertiary/aromatic N) is 3. The molecule has 0 aromatic carbocycles. The fourth-order valence-electron chi connectivity index (χ4n) is 2.55. The van der Waals surface area contributed by atoms with Crippen LogP contribution in [0.1, 0.15) is 17.8 Å². The van der Waals surface area contributed by atoms with Crippen molar-refractivity contribution in [2.45, 2.75) is 13.0 Å². The first kappa shape index (κ1) is 16.4. The lowest BCUT2D eigenvalue weighted by Gasteiger charge is -2.35. The minimum Gasteiger partial charge on any atom is -0.395 e. The number of rotatable bonds is 6. The van der Waals surface area contributed by atoms with Gasteiger partial charge in [0.25, 0.3) is 0 Å². The zero-order valence-electron chi connectivity index (χ0n) is 12.9. The van der Waals surface area contributed by atoms with E-state index in [2.05, 4.69) is 22.8 Å². The van der Waals surface area contributed by atoms with Gasteiger partial charge in [0.2, 0.25) is 5.91 Å². The predicted molar refractivity (Wildman–Crippen MR) is 85.5 cm³/mol. The van der Waals surface area contributed by atoms with Crippen LogP contribution in [0.15, 0.2) is 17.5 Å². The molecule has 1 aromatic rings. The highest BCUT2D eigenvalue weighted by Gasteiger charge is 2.23. The molecule has 118 valence electrons. The van der Waals surface area contributed by atoms with Gasteiger partial charge in [0, 0.05) is 44.6 Å². The summed E-state index contributed by atoms with van der Waals surface area (Å²) in [4.78, 5) is 19.9. The molecule has 1 fully saturated rings. The van der Waals surface area contributed by atoms with E-state index in [0.29, 0.717) is 6.54 Å². The van der Waals surface area contributed by atoms with Gasteiger partial charge in [0.15, 0.2) is 0 Å².